The number of rotatable bonds is 4. The summed E-state index contributed by atoms with van der Waals surface area (Å²) in [6.07, 6.45) is 0. The van der Waals surface area contributed by atoms with Crippen LogP contribution in [0.2, 0.25) is 0 Å². The molecule has 28 heavy (non-hydrogen) atoms. The number of hydrogen-bond acceptors (Lipinski definition) is 4. The predicted molar refractivity (Wildman–Crippen MR) is 105 cm³/mol. The lowest BCUT2D eigenvalue weighted by atomic mass is 10.0. The second-order valence-electron chi connectivity index (χ2n) is 6.74. The third kappa shape index (κ3) is 3.24. The van der Waals surface area contributed by atoms with Gasteiger partial charge in [0.1, 0.15) is 11.5 Å². The Morgan fingerprint density at radius 1 is 1.07 bits per heavy atom. The minimum atomic E-state index is -0.444. The fraction of sp³-hybridized carbons (Fsp3) is 0.136. The summed E-state index contributed by atoms with van der Waals surface area (Å²) < 4.78 is 19.8. The van der Waals surface area contributed by atoms with Crippen molar-refractivity contribution >= 4 is 17.0 Å². The minimum Gasteiger partial charge on any atom is -0.350 e. The van der Waals surface area contributed by atoms with Gasteiger partial charge in [0.15, 0.2) is 0 Å². The highest BCUT2D eigenvalue weighted by Crippen LogP contribution is 2.33. The maximum absolute atomic E-state index is 14.4. The third-order valence-corrected chi connectivity index (χ3v) is 4.31. The molecule has 0 aliphatic rings. The molecule has 4 aromatic rings. The molecule has 6 heteroatoms. The van der Waals surface area contributed by atoms with Gasteiger partial charge in [0.05, 0.1) is 16.6 Å². The van der Waals surface area contributed by atoms with E-state index in [0.29, 0.717) is 16.6 Å². The van der Waals surface area contributed by atoms with Gasteiger partial charge in [0.25, 0.3) is 11.6 Å². The van der Waals surface area contributed by atoms with Gasteiger partial charge in [-0.25, -0.2) is 9.37 Å². The molecule has 140 valence electrons. The van der Waals surface area contributed by atoms with Crippen molar-refractivity contribution in [1.82, 2.24) is 15.5 Å². The molecule has 0 unspecified atom stereocenters. The van der Waals surface area contributed by atoms with Gasteiger partial charge in [-0.15, -0.1) is 0 Å². The lowest BCUT2D eigenvalue weighted by Gasteiger charge is -2.11. The van der Waals surface area contributed by atoms with Crippen LogP contribution in [0.1, 0.15) is 24.2 Å². The Balaban J connectivity index is 1.98. The number of amides is 1. The number of carbonyl (C=O) groups is 1. The van der Waals surface area contributed by atoms with Gasteiger partial charge in [0, 0.05) is 17.2 Å². The molecule has 0 saturated heterocycles. The SMILES string of the molecule is CC(C)NC(=O)c1cc(-c2ccccc2)nc2onc(-c3ccccc3F)c12. The van der Waals surface area contributed by atoms with Crippen LogP contribution >= 0.6 is 0 Å². The van der Waals surface area contributed by atoms with Crippen molar-refractivity contribution in [1.29, 1.82) is 0 Å². The molecule has 0 fully saturated rings. The summed E-state index contributed by atoms with van der Waals surface area (Å²) in [4.78, 5) is 17.4. The van der Waals surface area contributed by atoms with Crippen LogP contribution in [-0.4, -0.2) is 22.1 Å². The summed E-state index contributed by atoms with van der Waals surface area (Å²) in [6.45, 7) is 3.75. The molecule has 1 N–H and O–H groups in total. The standard InChI is InChI=1S/C22H18FN3O2/c1-13(2)24-21(27)16-12-18(14-8-4-3-5-9-14)25-22-19(16)20(26-28-22)15-10-6-7-11-17(15)23/h3-13H,1-2H3,(H,24,27). The van der Waals surface area contributed by atoms with E-state index in [9.17, 15) is 9.18 Å². The lowest BCUT2D eigenvalue weighted by molar-refractivity contribution is 0.0944. The zero-order valence-electron chi connectivity index (χ0n) is 15.4. The molecule has 0 radical (unpaired) electrons. The Hall–Kier alpha value is -3.54. The third-order valence-electron chi connectivity index (χ3n) is 4.31. The molecule has 0 aliphatic carbocycles. The van der Waals surface area contributed by atoms with Gasteiger partial charge in [0.2, 0.25) is 0 Å². The van der Waals surface area contributed by atoms with Crippen LogP contribution in [-0.2, 0) is 0 Å². The molecule has 0 aliphatic heterocycles. The Kier molecular flexibility index (Phi) is 4.61. The van der Waals surface area contributed by atoms with Gasteiger partial charge in [-0.2, -0.15) is 0 Å². The highest BCUT2D eigenvalue weighted by Gasteiger charge is 2.23. The summed E-state index contributed by atoms with van der Waals surface area (Å²) in [5.74, 6) is -0.736. The second kappa shape index (κ2) is 7.23. The number of aromatic nitrogens is 2. The maximum atomic E-state index is 14.4. The molecule has 0 saturated carbocycles. The van der Waals surface area contributed by atoms with Crippen molar-refractivity contribution < 1.29 is 13.7 Å². The second-order valence-corrected chi connectivity index (χ2v) is 6.74. The smallest absolute Gasteiger partial charge is 0.259 e. The van der Waals surface area contributed by atoms with Crippen LogP contribution in [0.25, 0.3) is 33.6 Å². The van der Waals surface area contributed by atoms with E-state index in [0.717, 1.165) is 5.56 Å². The average molecular weight is 375 g/mol. The first-order chi connectivity index (χ1) is 13.5. The van der Waals surface area contributed by atoms with Crippen LogP contribution in [0.4, 0.5) is 4.39 Å². The van der Waals surface area contributed by atoms with Crippen molar-refractivity contribution in [2.45, 2.75) is 19.9 Å². The van der Waals surface area contributed by atoms with E-state index >= 15 is 0 Å². The number of pyridine rings is 1. The molecule has 0 bridgehead atoms. The summed E-state index contributed by atoms with van der Waals surface area (Å²) in [7, 11) is 0. The fourth-order valence-electron chi connectivity index (χ4n) is 3.06. The molecular weight excluding hydrogens is 357 g/mol. The number of carbonyl (C=O) groups excluding carboxylic acids is 1. The highest BCUT2D eigenvalue weighted by molar-refractivity contribution is 6.10. The summed E-state index contributed by atoms with van der Waals surface area (Å²) in [6, 6.07) is 17.3. The number of hydrogen-bond donors (Lipinski definition) is 1. The molecule has 5 nitrogen and oxygen atoms in total. The number of fused-ring (bicyclic) bond motifs is 1. The van der Waals surface area contributed by atoms with Crippen molar-refractivity contribution in [3.63, 3.8) is 0 Å². The number of benzene rings is 2. The summed E-state index contributed by atoms with van der Waals surface area (Å²) in [5, 5.41) is 7.30. The molecule has 2 aromatic carbocycles. The average Bonchev–Trinajstić information content (AvgIpc) is 3.11. The molecule has 4 rings (SSSR count). The van der Waals surface area contributed by atoms with Gasteiger partial charge in [-0.3, -0.25) is 4.79 Å². The van der Waals surface area contributed by atoms with E-state index in [1.165, 1.54) is 6.07 Å². The van der Waals surface area contributed by atoms with Crippen molar-refractivity contribution in [3.8, 4) is 22.5 Å². The number of halogens is 1. The van der Waals surface area contributed by atoms with Crippen molar-refractivity contribution in [2.75, 3.05) is 0 Å². The van der Waals surface area contributed by atoms with Gasteiger partial charge in [-0.05, 0) is 32.0 Å². The molecular formula is C22H18FN3O2. The van der Waals surface area contributed by atoms with Gasteiger partial charge in [-0.1, -0.05) is 47.6 Å². The van der Waals surface area contributed by atoms with Crippen LogP contribution in [0.15, 0.2) is 65.2 Å². The first-order valence-electron chi connectivity index (χ1n) is 8.96. The zero-order chi connectivity index (χ0) is 19.7. The first-order valence-corrected chi connectivity index (χ1v) is 8.96. The lowest BCUT2D eigenvalue weighted by Crippen LogP contribution is -2.30. The molecule has 1 amide bonds. The summed E-state index contributed by atoms with van der Waals surface area (Å²) >= 11 is 0. The Morgan fingerprint density at radius 3 is 2.50 bits per heavy atom. The van der Waals surface area contributed by atoms with E-state index in [-0.39, 0.29) is 28.9 Å². The van der Waals surface area contributed by atoms with Crippen molar-refractivity contribution in [3.05, 3.63) is 72.0 Å². The first kappa shape index (κ1) is 17.9. The monoisotopic (exact) mass is 375 g/mol. The predicted octanol–water partition coefficient (Wildman–Crippen LogP) is 4.83. The van der Waals surface area contributed by atoms with E-state index in [1.807, 2.05) is 44.2 Å². The summed E-state index contributed by atoms with van der Waals surface area (Å²) in [5.41, 5.74) is 2.47. The largest absolute Gasteiger partial charge is 0.350 e. The van der Waals surface area contributed by atoms with Crippen LogP contribution in [0.5, 0.6) is 0 Å². The number of nitrogens with one attached hydrogen (secondary N) is 1. The highest BCUT2D eigenvalue weighted by atomic mass is 19.1. The fourth-order valence-corrected chi connectivity index (χ4v) is 3.06. The Morgan fingerprint density at radius 2 is 1.79 bits per heavy atom. The molecule has 0 atom stereocenters. The zero-order valence-corrected chi connectivity index (χ0v) is 15.4. The van der Waals surface area contributed by atoms with E-state index in [4.69, 9.17) is 4.52 Å². The topological polar surface area (TPSA) is 68.0 Å². The van der Waals surface area contributed by atoms with E-state index in [2.05, 4.69) is 15.5 Å². The van der Waals surface area contributed by atoms with Crippen LogP contribution < -0.4 is 5.32 Å². The number of nitrogens with zero attached hydrogens (tertiary/aromatic N) is 2. The Bertz CT molecular complexity index is 1150. The maximum Gasteiger partial charge on any atom is 0.259 e. The van der Waals surface area contributed by atoms with E-state index in [1.54, 1.807) is 24.3 Å². The molecule has 2 aromatic heterocycles. The Labute approximate surface area is 161 Å². The van der Waals surface area contributed by atoms with Crippen LogP contribution in [0, 0.1) is 5.82 Å². The minimum absolute atomic E-state index is 0.0623. The quantitative estimate of drug-likeness (QED) is 0.554. The van der Waals surface area contributed by atoms with E-state index < -0.39 is 5.82 Å². The molecule has 0 spiro atoms. The van der Waals surface area contributed by atoms with Gasteiger partial charge < -0.3 is 9.84 Å². The van der Waals surface area contributed by atoms with Crippen molar-refractivity contribution in [2.24, 2.45) is 0 Å². The van der Waals surface area contributed by atoms with Crippen LogP contribution in [0.3, 0.4) is 0 Å². The molecule has 2 heterocycles. The normalized spacial score (nSPS) is 11.1. The van der Waals surface area contributed by atoms with Gasteiger partial charge >= 0.3 is 0 Å².